The molecule has 1 fully saturated rings. The van der Waals surface area contributed by atoms with Gasteiger partial charge in [0.1, 0.15) is 0 Å². The summed E-state index contributed by atoms with van der Waals surface area (Å²) in [5, 5.41) is 7.96. The SMILES string of the molecule is CN(C(=S)NC(=O)c1cccs1)c1ccccc1C(=O)NC1CCCCC1. The van der Waals surface area contributed by atoms with Gasteiger partial charge in [-0.3, -0.25) is 14.9 Å². The summed E-state index contributed by atoms with van der Waals surface area (Å²) in [5.74, 6) is -0.345. The van der Waals surface area contributed by atoms with E-state index in [0.29, 0.717) is 16.1 Å². The molecular formula is C20H23N3O2S2. The van der Waals surface area contributed by atoms with Crippen LogP contribution in [0.4, 0.5) is 5.69 Å². The number of thiocarbonyl (C=S) groups is 1. The van der Waals surface area contributed by atoms with Crippen LogP contribution < -0.4 is 15.5 Å². The van der Waals surface area contributed by atoms with Gasteiger partial charge in [-0.05, 0) is 48.6 Å². The lowest BCUT2D eigenvalue weighted by molar-refractivity contribution is 0.0927. The van der Waals surface area contributed by atoms with Gasteiger partial charge in [0.05, 0.1) is 16.1 Å². The highest BCUT2D eigenvalue weighted by Gasteiger charge is 2.21. The van der Waals surface area contributed by atoms with E-state index in [4.69, 9.17) is 12.2 Å². The van der Waals surface area contributed by atoms with E-state index in [1.54, 1.807) is 24.1 Å². The number of rotatable bonds is 4. The second kappa shape index (κ2) is 9.10. The van der Waals surface area contributed by atoms with Gasteiger partial charge in [-0.25, -0.2) is 0 Å². The molecule has 2 N–H and O–H groups in total. The van der Waals surface area contributed by atoms with E-state index in [2.05, 4.69) is 10.6 Å². The first-order chi connectivity index (χ1) is 13.1. The van der Waals surface area contributed by atoms with Crippen molar-refractivity contribution < 1.29 is 9.59 Å². The molecule has 1 aliphatic carbocycles. The van der Waals surface area contributed by atoms with Crippen molar-refractivity contribution in [3.63, 3.8) is 0 Å². The number of carbonyl (C=O) groups is 2. The number of benzene rings is 1. The molecule has 0 radical (unpaired) electrons. The molecule has 142 valence electrons. The molecule has 0 unspecified atom stereocenters. The molecular weight excluding hydrogens is 378 g/mol. The Morgan fingerprint density at radius 1 is 1.07 bits per heavy atom. The Bertz CT molecular complexity index is 814. The average molecular weight is 402 g/mol. The lowest BCUT2D eigenvalue weighted by Gasteiger charge is -2.25. The summed E-state index contributed by atoms with van der Waals surface area (Å²) in [5.41, 5.74) is 1.22. The van der Waals surface area contributed by atoms with Crippen LogP contribution in [-0.4, -0.2) is 30.0 Å². The van der Waals surface area contributed by atoms with E-state index in [1.165, 1.54) is 17.8 Å². The smallest absolute Gasteiger partial charge is 0.267 e. The summed E-state index contributed by atoms with van der Waals surface area (Å²) < 4.78 is 0. The zero-order chi connectivity index (χ0) is 19.2. The van der Waals surface area contributed by atoms with Gasteiger partial charge < -0.3 is 10.2 Å². The monoisotopic (exact) mass is 401 g/mol. The van der Waals surface area contributed by atoms with Gasteiger partial charge >= 0.3 is 0 Å². The zero-order valence-corrected chi connectivity index (χ0v) is 16.9. The van der Waals surface area contributed by atoms with Crippen LogP contribution in [-0.2, 0) is 0 Å². The van der Waals surface area contributed by atoms with Gasteiger partial charge in [0.2, 0.25) is 0 Å². The first-order valence-electron chi connectivity index (χ1n) is 9.08. The van der Waals surface area contributed by atoms with Crippen LogP contribution in [0.15, 0.2) is 41.8 Å². The normalized spacial score (nSPS) is 14.4. The lowest BCUT2D eigenvalue weighted by atomic mass is 9.95. The number of thiophene rings is 1. The highest BCUT2D eigenvalue weighted by Crippen LogP contribution is 2.22. The van der Waals surface area contributed by atoms with Crippen molar-refractivity contribution in [1.29, 1.82) is 0 Å². The van der Waals surface area contributed by atoms with Crippen molar-refractivity contribution in [3.8, 4) is 0 Å². The second-order valence-corrected chi connectivity index (χ2v) is 7.96. The molecule has 2 amide bonds. The third-order valence-electron chi connectivity index (χ3n) is 4.72. The summed E-state index contributed by atoms with van der Waals surface area (Å²) in [6.45, 7) is 0. The molecule has 27 heavy (non-hydrogen) atoms. The predicted octanol–water partition coefficient (Wildman–Crippen LogP) is 3.96. The quantitative estimate of drug-likeness (QED) is 0.761. The molecule has 0 saturated heterocycles. The maximum atomic E-state index is 12.8. The third kappa shape index (κ3) is 4.93. The van der Waals surface area contributed by atoms with Gasteiger partial charge in [-0.15, -0.1) is 11.3 Å². The number of carbonyl (C=O) groups excluding carboxylic acids is 2. The number of nitrogens with one attached hydrogen (secondary N) is 2. The molecule has 1 aliphatic rings. The van der Waals surface area contributed by atoms with E-state index >= 15 is 0 Å². The van der Waals surface area contributed by atoms with Crippen LogP contribution in [0.25, 0.3) is 0 Å². The molecule has 0 aliphatic heterocycles. The molecule has 2 aromatic rings. The Morgan fingerprint density at radius 2 is 1.81 bits per heavy atom. The summed E-state index contributed by atoms with van der Waals surface area (Å²) in [6, 6.07) is 11.1. The predicted molar refractivity (Wildman–Crippen MR) is 114 cm³/mol. The van der Waals surface area contributed by atoms with Gasteiger partial charge in [0, 0.05) is 13.1 Å². The number of anilines is 1. The maximum absolute atomic E-state index is 12.8. The summed E-state index contributed by atoms with van der Waals surface area (Å²) in [7, 11) is 1.75. The van der Waals surface area contributed by atoms with E-state index < -0.39 is 0 Å². The Kier molecular flexibility index (Phi) is 6.58. The molecule has 1 aromatic heterocycles. The first kappa shape index (κ1) is 19.5. The van der Waals surface area contributed by atoms with Crippen LogP contribution in [0, 0.1) is 0 Å². The first-order valence-corrected chi connectivity index (χ1v) is 10.4. The van der Waals surface area contributed by atoms with Crippen LogP contribution in [0.1, 0.15) is 52.1 Å². The minimum atomic E-state index is -0.244. The summed E-state index contributed by atoms with van der Waals surface area (Å²) in [4.78, 5) is 27.3. The van der Waals surface area contributed by atoms with Crippen molar-refractivity contribution >= 4 is 46.2 Å². The summed E-state index contributed by atoms with van der Waals surface area (Å²) in [6.07, 6.45) is 5.61. The standard InChI is InChI=1S/C20H23N3O2S2/c1-23(20(26)22-19(25)17-12-7-13-27-17)16-11-6-5-10-15(16)18(24)21-14-8-3-2-4-9-14/h5-7,10-14H,2-4,8-9H2,1H3,(H,21,24)(H,22,25,26). The van der Waals surface area contributed by atoms with Crippen LogP contribution >= 0.6 is 23.6 Å². The van der Waals surface area contributed by atoms with Crippen molar-refractivity contribution in [1.82, 2.24) is 10.6 Å². The van der Waals surface area contributed by atoms with Crippen molar-refractivity contribution in [2.75, 3.05) is 11.9 Å². The number of nitrogens with zero attached hydrogens (tertiary/aromatic N) is 1. The van der Waals surface area contributed by atoms with Crippen molar-refractivity contribution in [2.24, 2.45) is 0 Å². The zero-order valence-electron chi connectivity index (χ0n) is 15.2. The van der Waals surface area contributed by atoms with Gasteiger partial charge in [0.15, 0.2) is 5.11 Å². The largest absolute Gasteiger partial charge is 0.349 e. The molecule has 0 spiro atoms. The Morgan fingerprint density at radius 3 is 2.52 bits per heavy atom. The molecule has 0 atom stereocenters. The topological polar surface area (TPSA) is 61.4 Å². The number of hydrogen-bond acceptors (Lipinski definition) is 4. The molecule has 1 heterocycles. The Labute approximate surface area is 168 Å². The van der Waals surface area contributed by atoms with Crippen molar-refractivity contribution in [3.05, 3.63) is 52.2 Å². The van der Waals surface area contributed by atoms with Gasteiger partial charge in [-0.1, -0.05) is 37.5 Å². The second-order valence-electron chi connectivity index (χ2n) is 6.62. The number of para-hydroxylation sites is 1. The van der Waals surface area contributed by atoms with E-state index in [0.717, 1.165) is 25.7 Å². The molecule has 3 rings (SSSR count). The summed E-state index contributed by atoms with van der Waals surface area (Å²) >= 11 is 6.74. The molecule has 1 aromatic carbocycles. The minimum absolute atomic E-state index is 0.100. The fraction of sp³-hybridized carbons (Fsp3) is 0.350. The van der Waals surface area contributed by atoms with E-state index in [1.807, 2.05) is 29.6 Å². The van der Waals surface area contributed by atoms with Gasteiger partial charge in [0.25, 0.3) is 11.8 Å². The Balaban J connectivity index is 1.70. The molecule has 7 heteroatoms. The van der Waals surface area contributed by atoms with Crippen LogP contribution in [0.5, 0.6) is 0 Å². The highest BCUT2D eigenvalue weighted by molar-refractivity contribution is 7.80. The maximum Gasteiger partial charge on any atom is 0.267 e. The fourth-order valence-corrected chi connectivity index (χ4v) is 4.04. The molecule has 1 saturated carbocycles. The molecule has 5 nitrogen and oxygen atoms in total. The Hall–Kier alpha value is -2.25. The minimum Gasteiger partial charge on any atom is -0.349 e. The number of amides is 2. The average Bonchev–Trinajstić information content (AvgIpc) is 3.23. The number of hydrogen-bond donors (Lipinski definition) is 2. The van der Waals surface area contributed by atoms with Crippen LogP contribution in [0.2, 0.25) is 0 Å². The van der Waals surface area contributed by atoms with Crippen molar-refractivity contribution in [2.45, 2.75) is 38.1 Å². The van der Waals surface area contributed by atoms with Gasteiger partial charge in [-0.2, -0.15) is 0 Å². The fourth-order valence-electron chi connectivity index (χ4n) is 3.23. The van der Waals surface area contributed by atoms with Crippen LogP contribution in [0.3, 0.4) is 0 Å². The van der Waals surface area contributed by atoms with E-state index in [-0.39, 0.29) is 23.0 Å². The third-order valence-corrected chi connectivity index (χ3v) is 5.97. The lowest BCUT2D eigenvalue weighted by Crippen LogP contribution is -2.42. The molecule has 0 bridgehead atoms. The van der Waals surface area contributed by atoms with E-state index in [9.17, 15) is 9.59 Å². The highest BCUT2D eigenvalue weighted by atomic mass is 32.1.